The van der Waals surface area contributed by atoms with E-state index in [4.69, 9.17) is 0 Å². The van der Waals surface area contributed by atoms with Crippen LogP contribution in [0.1, 0.15) is 43.0 Å². The van der Waals surface area contributed by atoms with Gasteiger partial charge in [0.2, 0.25) is 0 Å². The lowest BCUT2D eigenvalue weighted by Gasteiger charge is -2.16. The molecule has 2 N–H and O–H groups in total. The Morgan fingerprint density at radius 2 is 2.00 bits per heavy atom. The minimum atomic E-state index is -0.392. The summed E-state index contributed by atoms with van der Waals surface area (Å²) in [4.78, 5) is 17.4. The summed E-state index contributed by atoms with van der Waals surface area (Å²) in [6.07, 6.45) is 7.44. The van der Waals surface area contributed by atoms with E-state index >= 15 is 4.39 Å². The van der Waals surface area contributed by atoms with Crippen molar-refractivity contribution in [1.29, 1.82) is 0 Å². The molecule has 0 aliphatic heterocycles. The topological polar surface area (TPSA) is 71.8 Å². The van der Waals surface area contributed by atoms with Crippen molar-refractivity contribution in [3.8, 4) is 11.3 Å². The Kier molecular flexibility index (Phi) is 5.77. The summed E-state index contributed by atoms with van der Waals surface area (Å²) in [5.41, 5.74) is 3.29. The zero-order chi connectivity index (χ0) is 22.8. The van der Waals surface area contributed by atoms with E-state index in [9.17, 15) is 4.79 Å². The van der Waals surface area contributed by atoms with Crippen molar-refractivity contribution in [3.63, 3.8) is 0 Å². The summed E-state index contributed by atoms with van der Waals surface area (Å²) in [6, 6.07) is 14.8. The van der Waals surface area contributed by atoms with Gasteiger partial charge in [-0.3, -0.25) is 14.5 Å². The molecule has 1 aliphatic rings. The largest absolute Gasteiger partial charge is 0.354 e. The highest BCUT2D eigenvalue weighted by Gasteiger charge is 2.26. The fourth-order valence-electron chi connectivity index (χ4n) is 3.82. The molecule has 2 heterocycles. The zero-order valence-corrected chi connectivity index (χ0v) is 18.5. The number of anilines is 2. The highest BCUT2D eigenvalue weighted by molar-refractivity contribution is 6.08. The first-order chi connectivity index (χ1) is 16.1. The SMILES string of the molecule is CCCCn1ccc(-c2cc3c(Nc4ccccc4)c(C(=O)NC4CC4)cnc3cc2F)n1. The molecule has 0 saturated heterocycles. The van der Waals surface area contributed by atoms with Crippen molar-refractivity contribution < 1.29 is 9.18 Å². The standard InChI is InChI=1S/C26H26FN5O/c1-2-3-12-32-13-11-23(31-32)19-14-20-24(15-22(19)27)28-16-21(26(33)30-18-9-10-18)25(20)29-17-7-5-4-6-8-17/h4-8,11,13-16,18H,2-3,9-10,12H2,1H3,(H,28,29)(H,30,33). The van der Waals surface area contributed by atoms with Crippen LogP contribution in [0.5, 0.6) is 0 Å². The van der Waals surface area contributed by atoms with Crippen molar-refractivity contribution in [1.82, 2.24) is 20.1 Å². The summed E-state index contributed by atoms with van der Waals surface area (Å²) >= 11 is 0. The number of amides is 1. The van der Waals surface area contributed by atoms with E-state index in [1.807, 2.05) is 47.3 Å². The Hall–Kier alpha value is -3.74. The third kappa shape index (κ3) is 4.58. The first-order valence-electron chi connectivity index (χ1n) is 11.4. The van der Waals surface area contributed by atoms with Gasteiger partial charge in [0, 0.05) is 47.7 Å². The molecule has 2 aromatic carbocycles. The van der Waals surface area contributed by atoms with Crippen molar-refractivity contribution in [3.05, 3.63) is 72.3 Å². The number of unbranched alkanes of at least 4 members (excludes halogenated alkanes) is 1. The van der Waals surface area contributed by atoms with Gasteiger partial charge in [-0.05, 0) is 43.5 Å². The molecule has 0 atom stereocenters. The molecule has 6 nitrogen and oxygen atoms in total. The second-order valence-electron chi connectivity index (χ2n) is 8.45. The quantitative estimate of drug-likeness (QED) is 0.368. The van der Waals surface area contributed by atoms with Gasteiger partial charge in [-0.1, -0.05) is 31.5 Å². The van der Waals surface area contributed by atoms with Gasteiger partial charge in [-0.2, -0.15) is 5.10 Å². The number of para-hydroxylation sites is 1. The third-order valence-corrected chi connectivity index (χ3v) is 5.81. The summed E-state index contributed by atoms with van der Waals surface area (Å²) in [5.74, 6) is -0.573. The Balaban J connectivity index is 1.62. The third-order valence-electron chi connectivity index (χ3n) is 5.81. The normalized spacial score (nSPS) is 13.3. The molecule has 0 spiro atoms. The van der Waals surface area contributed by atoms with Crippen LogP contribution in [0.25, 0.3) is 22.2 Å². The Bertz CT molecular complexity index is 1300. The van der Waals surface area contributed by atoms with Crippen molar-refractivity contribution in [2.24, 2.45) is 0 Å². The minimum Gasteiger partial charge on any atom is -0.354 e. The minimum absolute atomic E-state index is 0.181. The summed E-state index contributed by atoms with van der Waals surface area (Å²) in [7, 11) is 0. The number of hydrogen-bond donors (Lipinski definition) is 2. The molecule has 1 saturated carbocycles. The molecule has 2 aromatic heterocycles. The number of aryl methyl sites for hydroxylation is 1. The van der Waals surface area contributed by atoms with Crippen LogP contribution in [0.4, 0.5) is 15.8 Å². The fourth-order valence-corrected chi connectivity index (χ4v) is 3.82. The number of carbonyl (C=O) groups excluding carboxylic acids is 1. The average molecular weight is 444 g/mol. The van der Waals surface area contributed by atoms with E-state index in [1.165, 1.54) is 12.3 Å². The number of fused-ring (bicyclic) bond motifs is 1. The van der Waals surface area contributed by atoms with E-state index in [1.54, 1.807) is 6.07 Å². The van der Waals surface area contributed by atoms with Crippen molar-refractivity contribution in [2.45, 2.75) is 45.2 Å². The van der Waals surface area contributed by atoms with E-state index in [-0.39, 0.29) is 11.9 Å². The van der Waals surface area contributed by atoms with Gasteiger partial charge in [0.1, 0.15) is 5.82 Å². The van der Waals surface area contributed by atoms with Crippen LogP contribution < -0.4 is 10.6 Å². The molecule has 1 fully saturated rings. The molecule has 0 radical (unpaired) electrons. The molecule has 33 heavy (non-hydrogen) atoms. The van der Waals surface area contributed by atoms with Crippen molar-refractivity contribution in [2.75, 3.05) is 5.32 Å². The number of aromatic nitrogens is 3. The first kappa shape index (κ1) is 21.1. The highest BCUT2D eigenvalue weighted by atomic mass is 19.1. The van der Waals surface area contributed by atoms with Crippen LogP contribution in [0, 0.1) is 5.82 Å². The number of hydrogen-bond acceptors (Lipinski definition) is 4. The lowest BCUT2D eigenvalue weighted by Crippen LogP contribution is -2.26. The summed E-state index contributed by atoms with van der Waals surface area (Å²) in [6.45, 7) is 2.91. The Morgan fingerprint density at radius 1 is 1.18 bits per heavy atom. The number of rotatable bonds is 8. The molecular formula is C26H26FN5O. The predicted octanol–water partition coefficient (Wildman–Crippen LogP) is 5.67. The zero-order valence-electron chi connectivity index (χ0n) is 18.5. The summed E-state index contributed by atoms with van der Waals surface area (Å²) in [5, 5.41) is 11.6. The number of halogens is 1. The molecular weight excluding hydrogens is 417 g/mol. The summed E-state index contributed by atoms with van der Waals surface area (Å²) < 4.78 is 16.9. The smallest absolute Gasteiger partial charge is 0.255 e. The number of nitrogens with one attached hydrogen (secondary N) is 2. The maximum atomic E-state index is 15.1. The number of nitrogens with zero attached hydrogens (tertiary/aromatic N) is 3. The Morgan fingerprint density at radius 3 is 2.76 bits per heavy atom. The van der Waals surface area contributed by atoms with E-state index in [0.29, 0.717) is 33.4 Å². The molecule has 5 rings (SSSR count). The highest BCUT2D eigenvalue weighted by Crippen LogP contribution is 2.34. The lowest BCUT2D eigenvalue weighted by molar-refractivity contribution is 0.0951. The monoisotopic (exact) mass is 443 g/mol. The molecule has 1 aliphatic carbocycles. The van der Waals surface area contributed by atoms with Gasteiger partial charge in [-0.25, -0.2) is 4.39 Å². The fraction of sp³-hybridized carbons (Fsp3) is 0.269. The predicted molar refractivity (Wildman–Crippen MR) is 128 cm³/mol. The molecule has 7 heteroatoms. The number of carbonyl (C=O) groups is 1. The van der Waals surface area contributed by atoms with Crippen LogP contribution in [-0.2, 0) is 6.54 Å². The van der Waals surface area contributed by atoms with E-state index in [0.717, 1.165) is 37.9 Å². The Labute approximate surface area is 191 Å². The van der Waals surface area contributed by atoms with Gasteiger partial charge < -0.3 is 10.6 Å². The second-order valence-corrected chi connectivity index (χ2v) is 8.45. The molecule has 1 amide bonds. The van der Waals surface area contributed by atoms with Crippen LogP contribution in [0.3, 0.4) is 0 Å². The second kappa shape index (κ2) is 9.02. The van der Waals surface area contributed by atoms with Gasteiger partial charge in [0.15, 0.2) is 0 Å². The maximum absolute atomic E-state index is 15.1. The van der Waals surface area contributed by atoms with Gasteiger partial charge in [-0.15, -0.1) is 0 Å². The maximum Gasteiger partial charge on any atom is 0.255 e. The van der Waals surface area contributed by atoms with Gasteiger partial charge in [0.05, 0.1) is 22.5 Å². The van der Waals surface area contributed by atoms with E-state index < -0.39 is 5.82 Å². The van der Waals surface area contributed by atoms with Crippen molar-refractivity contribution >= 4 is 28.2 Å². The number of benzene rings is 2. The average Bonchev–Trinajstić information content (AvgIpc) is 3.51. The van der Waals surface area contributed by atoms with Crippen LogP contribution in [0.15, 0.2) is 60.9 Å². The van der Waals surface area contributed by atoms with Crippen LogP contribution in [-0.4, -0.2) is 26.7 Å². The first-order valence-corrected chi connectivity index (χ1v) is 11.4. The number of pyridine rings is 1. The van der Waals surface area contributed by atoms with Gasteiger partial charge >= 0.3 is 0 Å². The lowest BCUT2D eigenvalue weighted by atomic mass is 10.0. The van der Waals surface area contributed by atoms with Crippen LogP contribution >= 0.6 is 0 Å². The molecule has 0 bridgehead atoms. The van der Waals surface area contributed by atoms with Crippen LogP contribution in [0.2, 0.25) is 0 Å². The van der Waals surface area contributed by atoms with E-state index in [2.05, 4.69) is 27.6 Å². The molecule has 4 aromatic rings. The molecule has 168 valence electrons. The van der Waals surface area contributed by atoms with Gasteiger partial charge in [0.25, 0.3) is 5.91 Å². The molecule has 0 unspecified atom stereocenters.